The average molecular weight is 249 g/mol. The molecule has 0 spiro atoms. The number of nitrogens with two attached hydrogens (primary N) is 1. The van der Waals surface area contributed by atoms with Crippen LogP contribution in [0.1, 0.15) is 6.42 Å². The second-order valence-corrected chi connectivity index (χ2v) is 4.08. The average Bonchev–Trinajstić information content (AvgIpc) is 2.71. The molecule has 5 nitrogen and oxygen atoms in total. The molecular weight excluding hydrogens is 230 g/mol. The van der Waals surface area contributed by atoms with Crippen LogP contribution in [-0.2, 0) is 16.0 Å². The fourth-order valence-electron chi connectivity index (χ4n) is 1.88. The fraction of sp³-hybridized carbons (Fsp3) is 0.462. The number of para-hydroxylation sites is 1. The summed E-state index contributed by atoms with van der Waals surface area (Å²) in [5.41, 5.74) is 6.94. The Balaban J connectivity index is 1.88. The third-order valence-electron chi connectivity index (χ3n) is 2.78. The summed E-state index contributed by atoms with van der Waals surface area (Å²) in [5, 5.41) is 5.35. The highest BCUT2D eigenvalue weighted by Gasteiger charge is 2.06. The molecule has 0 aliphatic heterocycles. The zero-order valence-corrected chi connectivity index (χ0v) is 10.6. The van der Waals surface area contributed by atoms with Gasteiger partial charge in [0.1, 0.15) is 0 Å². The van der Waals surface area contributed by atoms with Crippen molar-refractivity contribution in [3.8, 4) is 0 Å². The van der Waals surface area contributed by atoms with Crippen molar-refractivity contribution < 1.29 is 9.47 Å². The van der Waals surface area contributed by atoms with Gasteiger partial charge in [0.25, 0.3) is 0 Å². The van der Waals surface area contributed by atoms with Crippen LogP contribution in [0.5, 0.6) is 0 Å². The van der Waals surface area contributed by atoms with Crippen molar-refractivity contribution in [2.24, 2.45) is 0 Å². The Bertz CT molecular complexity index is 496. The fourth-order valence-corrected chi connectivity index (χ4v) is 1.88. The van der Waals surface area contributed by atoms with Crippen LogP contribution < -0.4 is 5.73 Å². The molecule has 1 aromatic heterocycles. The van der Waals surface area contributed by atoms with E-state index in [0.717, 1.165) is 23.9 Å². The molecule has 98 valence electrons. The predicted molar refractivity (Wildman–Crippen MR) is 71.5 cm³/mol. The van der Waals surface area contributed by atoms with Crippen molar-refractivity contribution in [1.29, 1.82) is 0 Å². The first-order valence-corrected chi connectivity index (χ1v) is 6.10. The minimum Gasteiger partial charge on any atom is -0.382 e. The SMILES string of the molecule is COCCOCCCn1nc(N)c2ccccc21. The van der Waals surface area contributed by atoms with E-state index in [9.17, 15) is 0 Å². The van der Waals surface area contributed by atoms with E-state index in [1.54, 1.807) is 7.11 Å². The third kappa shape index (κ3) is 3.00. The number of benzene rings is 1. The molecule has 0 bridgehead atoms. The first-order valence-electron chi connectivity index (χ1n) is 6.10. The smallest absolute Gasteiger partial charge is 0.153 e. The van der Waals surface area contributed by atoms with Crippen LogP contribution in [0.3, 0.4) is 0 Å². The van der Waals surface area contributed by atoms with Crippen molar-refractivity contribution >= 4 is 16.7 Å². The molecule has 5 heteroatoms. The third-order valence-corrected chi connectivity index (χ3v) is 2.78. The molecule has 1 heterocycles. The number of nitrogens with zero attached hydrogens (tertiary/aromatic N) is 2. The van der Waals surface area contributed by atoms with E-state index in [2.05, 4.69) is 5.10 Å². The number of aryl methyl sites for hydroxylation is 1. The number of anilines is 1. The van der Waals surface area contributed by atoms with Gasteiger partial charge in [0.15, 0.2) is 5.82 Å². The first-order chi connectivity index (χ1) is 8.83. The van der Waals surface area contributed by atoms with Crippen molar-refractivity contribution in [2.45, 2.75) is 13.0 Å². The summed E-state index contributed by atoms with van der Waals surface area (Å²) in [4.78, 5) is 0. The molecule has 0 unspecified atom stereocenters. The Morgan fingerprint density at radius 1 is 1.22 bits per heavy atom. The Morgan fingerprint density at radius 3 is 2.89 bits per heavy atom. The van der Waals surface area contributed by atoms with Gasteiger partial charge in [-0.05, 0) is 18.6 Å². The molecule has 0 atom stereocenters. The summed E-state index contributed by atoms with van der Waals surface area (Å²) in [5.74, 6) is 0.589. The minimum absolute atomic E-state index is 0.589. The van der Waals surface area contributed by atoms with Gasteiger partial charge in [-0.15, -0.1) is 0 Å². The lowest BCUT2D eigenvalue weighted by atomic mass is 10.2. The van der Waals surface area contributed by atoms with Crippen LogP contribution in [0.4, 0.5) is 5.82 Å². The van der Waals surface area contributed by atoms with Gasteiger partial charge in [-0.1, -0.05) is 12.1 Å². The van der Waals surface area contributed by atoms with E-state index >= 15 is 0 Å². The van der Waals surface area contributed by atoms with E-state index < -0.39 is 0 Å². The molecule has 2 N–H and O–H groups in total. The summed E-state index contributed by atoms with van der Waals surface area (Å²) >= 11 is 0. The highest BCUT2D eigenvalue weighted by atomic mass is 16.5. The normalized spacial score (nSPS) is 11.2. The standard InChI is InChI=1S/C13H19N3O2/c1-17-9-10-18-8-4-7-16-12-6-3-2-5-11(12)13(14)15-16/h2-3,5-6H,4,7-10H2,1H3,(H2,14,15). The van der Waals surface area contributed by atoms with Gasteiger partial charge >= 0.3 is 0 Å². The maximum absolute atomic E-state index is 5.87. The number of hydrogen-bond donors (Lipinski definition) is 1. The monoisotopic (exact) mass is 249 g/mol. The van der Waals surface area contributed by atoms with Crippen molar-refractivity contribution in [1.82, 2.24) is 9.78 Å². The molecule has 0 aliphatic carbocycles. The maximum Gasteiger partial charge on any atom is 0.153 e. The number of rotatable bonds is 7. The highest BCUT2D eigenvalue weighted by molar-refractivity contribution is 5.88. The number of fused-ring (bicyclic) bond motifs is 1. The Hall–Kier alpha value is -1.59. The van der Waals surface area contributed by atoms with Gasteiger partial charge in [-0.25, -0.2) is 0 Å². The number of methoxy groups -OCH3 is 1. The molecule has 0 fully saturated rings. The van der Waals surface area contributed by atoms with E-state index in [4.69, 9.17) is 15.2 Å². The van der Waals surface area contributed by atoms with Gasteiger partial charge in [0.05, 0.1) is 18.7 Å². The van der Waals surface area contributed by atoms with Crippen LogP contribution in [0.15, 0.2) is 24.3 Å². The number of aromatic nitrogens is 2. The molecule has 0 amide bonds. The topological polar surface area (TPSA) is 62.3 Å². The first kappa shape index (κ1) is 12.9. The summed E-state index contributed by atoms with van der Waals surface area (Å²) < 4.78 is 12.3. The molecular formula is C13H19N3O2. The van der Waals surface area contributed by atoms with Gasteiger partial charge < -0.3 is 15.2 Å². The second-order valence-electron chi connectivity index (χ2n) is 4.08. The van der Waals surface area contributed by atoms with Gasteiger partial charge in [0, 0.05) is 25.6 Å². The number of nitrogen functional groups attached to an aromatic ring is 1. The Morgan fingerprint density at radius 2 is 2.06 bits per heavy atom. The molecule has 2 rings (SSSR count). The van der Waals surface area contributed by atoms with Crippen LogP contribution >= 0.6 is 0 Å². The lowest BCUT2D eigenvalue weighted by molar-refractivity contribution is 0.0678. The quantitative estimate of drug-likeness (QED) is 0.758. The molecule has 1 aromatic carbocycles. The van der Waals surface area contributed by atoms with Crippen molar-refractivity contribution in [3.05, 3.63) is 24.3 Å². The van der Waals surface area contributed by atoms with Crippen molar-refractivity contribution in [2.75, 3.05) is 32.7 Å². The lowest BCUT2D eigenvalue weighted by Gasteiger charge is -2.04. The zero-order chi connectivity index (χ0) is 12.8. The highest BCUT2D eigenvalue weighted by Crippen LogP contribution is 2.19. The molecule has 0 saturated heterocycles. The van der Waals surface area contributed by atoms with Crippen LogP contribution in [-0.4, -0.2) is 36.7 Å². The van der Waals surface area contributed by atoms with Crippen LogP contribution in [0.25, 0.3) is 10.9 Å². The van der Waals surface area contributed by atoms with Crippen molar-refractivity contribution in [3.63, 3.8) is 0 Å². The molecule has 18 heavy (non-hydrogen) atoms. The van der Waals surface area contributed by atoms with Crippen LogP contribution in [0.2, 0.25) is 0 Å². The summed E-state index contributed by atoms with van der Waals surface area (Å²) in [6.07, 6.45) is 0.912. The predicted octanol–water partition coefficient (Wildman–Crippen LogP) is 1.67. The number of hydrogen-bond acceptors (Lipinski definition) is 4. The minimum atomic E-state index is 0.589. The number of ether oxygens (including phenoxy) is 2. The van der Waals surface area contributed by atoms with E-state index in [1.807, 2.05) is 28.9 Å². The molecule has 0 radical (unpaired) electrons. The zero-order valence-electron chi connectivity index (χ0n) is 10.6. The molecule has 0 saturated carbocycles. The molecule has 0 aliphatic rings. The van der Waals surface area contributed by atoms with E-state index in [1.165, 1.54) is 0 Å². The molecule has 2 aromatic rings. The summed E-state index contributed by atoms with van der Waals surface area (Å²) in [7, 11) is 1.67. The largest absolute Gasteiger partial charge is 0.382 e. The van der Waals surface area contributed by atoms with Crippen LogP contribution in [0, 0.1) is 0 Å². The summed E-state index contributed by atoms with van der Waals surface area (Å²) in [6.45, 7) is 2.79. The lowest BCUT2D eigenvalue weighted by Crippen LogP contribution is -2.07. The van der Waals surface area contributed by atoms with Gasteiger partial charge in [-0.3, -0.25) is 4.68 Å². The summed E-state index contributed by atoms with van der Waals surface area (Å²) in [6, 6.07) is 7.99. The van der Waals surface area contributed by atoms with Gasteiger partial charge in [-0.2, -0.15) is 5.10 Å². The second kappa shape index (κ2) is 6.37. The Kier molecular flexibility index (Phi) is 4.55. The van der Waals surface area contributed by atoms with E-state index in [-0.39, 0.29) is 0 Å². The maximum atomic E-state index is 5.87. The van der Waals surface area contributed by atoms with E-state index in [0.29, 0.717) is 25.6 Å². The Labute approximate surface area is 106 Å². The van der Waals surface area contributed by atoms with Gasteiger partial charge in [0.2, 0.25) is 0 Å².